The first-order valence-electron chi connectivity index (χ1n) is 12.7. The first kappa shape index (κ1) is 25.2. The van der Waals surface area contributed by atoms with Crippen molar-refractivity contribution in [2.24, 2.45) is 0 Å². The van der Waals surface area contributed by atoms with Crippen LogP contribution in [0.3, 0.4) is 0 Å². The Kier molecular flexibility index (Phi) is 6.96. The van der Waals surface area contributed by atoms with Crippen LogP contribution in [0.15, 0.2) is 72.3 Å². The zero-order chi connectivity index (χ0) is 26.8. The molecule has 0 bridgehead atoms. The Labute approximate surface area is 221 Å². The lowest BCUT2D eigenvalue weighted by atomic mass is 9.94. The molecule has 0 aliphatic carbocycles. The molecule has 0 saturated carbocycles. The SMILES string of the molecule is CCOc1ccc(C2/C(=C(/O)c3ccc4c(c3)N(C)CCO4)C(=O)C(=O)N2c2cccc(OCC)c2)cc1. The van der Waals surface area contributed by atoms with E-state index in [-0.39, 0.29) is 11.3 Å². The molecule has 38 heavy (non-hydrogen) atoms. The van der Waals surface area contributed by atoms with Crippen molar-refractivity contribution < 1.29 is 28.9 Å². The van der Waals surface area contributed by atoms with Gasteiger partial charge in [-0.1, -0.05) is 18.2 Å². The van der Waals surface area contributed by atoms with E-state index in [1.54, 1.807) is 54.6 Å². The summed E-state index contributed by atoms with van der Waals surface area (Å²) in [5, 5.41) is 11.5. The van der Waals surface area contributed by atoms with Crippen LogP contribution >= 0.6 is 0 Å². The molecule has 1 amide bonds. The number of nitrogens with zero attached hydrogens (tertiary/aromatic N) is 2. The summed E-state index contributed by atoms with van der Waals surface area (Å²) in [4.78, 5) is 30.5. The van der Waals surface area contributed by atoms with Gasteiger partial charge in [0.2, 0.25) is 0 Å². The molecule has 0 spiro atoms. The third-order valence-corrected chi connectivity index (χ3v) is 6.69. The lowest BCUT2D eigenvalue weighted by Crippen LogP contribution is -2.29. The number of anilines is 2. The largest absolute Gasteiger partial charge is 0.507 e. The van der Waals surface area contributed by atoms with E-state index in [0.29, 0.717) is 60.4 Å². The van der Waals surface area contributed by atoms with Crippen molar-refractivity contribution in [3.8, 4) is 17.2 Å². The number of rotatable bonds is 7. The Balaban J connectivity index is 1.66. The highest BCUT2D eigenvalue weighted by atomic mass is 16.5. The van der Waals surface area contributed by atoms with Crippen molar-refractivity contribution in [2.75, 3.05) is 43.2 Å². The van der Waals surface area contributed by atoms with Crippen LogP contribution in [0.2, 0.25) is 0 Å². The predicted molar refractivity (Wildman–Crippen MR) is 145 cm³/mol. The van der Waals surface area contributed by atoms with E-state index in [1.165, 1.54) is 4.90 Å². The van der Waals surface area contributed by atoms with Crippen molar-refractivity contribution in [1.82, 2.24) is 0 Å². The minimum absolute atomic E-state index is 0.0142. The van der Waals surface area contributed by atoms with Gasteiger partial charge >= 0.3 is 0 Å². The fourth-order valence-electron chi connectivity index (χ4n) is 4.87. The summed E-state index contributed by atoms with van der Waals surface area (Å²) in [7, 11) is 1.94. The zero-order valence-electron chi connectivity index (χ0n) is 21.6. The molecule has 3 aromatic carbocycles. The molecule has 1 N–H and O–H groups in total. The minimum Gasteiger partial charge on any atom is -0.507 e. The molecule has 2 aliphatic heterocycles. The maximum absolute atomic E-state index is 13.5. The molecule has 5 rings (SSSR count). The smallest absolute Gasteiger partial charge is 0.300 e. The van der Waals surface area contributed by atoms with Crippen molar-refractivity contribution in [2.45, 2.75) is 19.9 Å². The van der Waals surface area contributed by atoms with Crippen LogP contribution in [-0.4, -0.2) is 50.2 Å². The third kappa shape index (κ3) is 4.53. The van der Waals surface area contributed by atoms with E-state index in [2.05, 4.69) is 0 Å². The summed E-state index contributed by atoms with van der Waals surface area (Å²) in [5.41, 5.74) is 2.40. The van der Waals surface area contributed by atoms with Crippen LogP contribution in [-0.2, 0) is 9.59 Å². The summed E-state index contributed by atoms with van der Waals surface area (Å²) in [6, 6.07) is 18.6. The molecule has 8 heteroatoms. The molecular weight excluding hydrogens is 484 g/mol. The predicted octanol–water partition coefficient (Wildman–Crippen LogP) is 4.94. The lowest BCUT2D eigenvalue weighted by molar-refractivity contribution is -0.132. The van der Waals surface area contributed by atoms with Gasteiger partial charge in [-0.25, -0.2) is 0 Å². The molecule has 1 unspecified atom stereocenters. The van der Waals surface area contributed by atoms with Gasteiger partial charge in [0, 0.05) is 24.4 Å². The molecule has 1 fully saturated rings. The fraction of sp³-hybridized carbons (Fsp3) is 0.267. The van der Waals surface area contributed by atoms with Gasteiger partial charge in [-0.05, 0) is 61.9 Å². The van der Waals surface area contributed by atoms with Crippen molar-refractivity contribution >= 4 is 28.8 Å². The van der Waals surface area contributed by atoms with Crippen LogP contribution in [0, 0.1) is 0 Å². The van der Waals surface area contributed by atoms with Gasteiger partial charge < -0.3 is 24.2 Å². The van der Waals surface area contributed by atoms with E-state index in [9.17, 15) is 14.7 Å². The number of amides is 1. The van der Waals surface area contributed by atoms with Crippen molar-refractivity contribution in [1.29, 1.82) is 0 Å². The molecule has 0 radical (unpaired) electrons. The van der Waals surface area contributed by atoms with E-state index < -0.39 is 17.7 Å². The van der Waals surface area contributed by atoms with Crippen LogP contribution in [0.4, 0.5) is 11.4 Å². The summed E-state index contributed by atoms with van der Waals surface area (Å²) in [5.74, 6) is 0.223. The Morgan fingerprint density at radius 3 is 2.45 bits per heavy atom. The molecule has 1 saturated heterocycles. The number of aliphatic hydroxyl groups is 1. The van der Waals surface area contributed by atoms with Gasteiger partial charge in [0.1, 0.15) is 29.6 Å². The number of hydrogen-bond donors (Lipinski definition) is 1. The zero-order valence-corrected chi connectivity index (χ0v) is 21.6. The van der Waals surface area contributed by atoms with Gasteiger partial charge in [-0.2, -0.15) is 0 Å². The fourth-order valence-corrected chi connectivity index (χ4v) is 4.87. The number of ether oxygens (including phenoxy) is 3. The molecular formula is C30H30N2O6. The molecule has 2 heterocycles. The van der Waals surface area contributed by atoms with Gasteiger partial charge in [-0.15, -0.1) is 0 Å². The number of likely N-dealkylation sites (N-methyl/N-ethyl adjacent to an activating group) is 1. The van der Waals surface area contributed by atoms with Gasteiger partial charge in [-0.3, -0.25) is 14.5 Å². The molecule has 8 nitrogen and oxygen atoms in total. The van der Waals surface area contributed by atoms with Gasteiger partial charge in [0.25, 0.3) is 11.7 Å². The summed E-state index contributed by atoms with van der Waals surface area (Å²) in [6.45, 7) is 6.01. The number of Topliss-reactive ketones (excluding diaryl/α,β-unsaturated/α-hetero) is 1. The molecule has 196 valence electrons. The van der Waals surface area contributed by atoms with E-state index >= 15 is 0 Å². The highest BCUT2D eigenvalue weighted by Crippen LogP contribution is 2.44. The van der Waals surface area contributed by atoms with E-state index in [4.69, 9.17) is 14.2 Å². The summed E-state index contributed by atoms with van der Waals surface area (Å²) >= 11 is 0. The average molecular weight is 515 g/mol. The van der Waals surface area contributed by atoms with Crippen molar-refractivity contribution in [3.05, 3.63) is 83.4 Å². The van der Waals surface area contributed by atoms with Gasteiger partial charge in [0.15, 0.2) is 0 Å². The monoisotopic (exact) mass is 514 g/mol. The van der Waals surface area contributed by atoms with Crippen LogP contribution in [0.5, 0.6) is 17.2 Å². The standard InChI is InChI=1S/C30H30N2O6/c1-4-36-22-12-9-19(10-13-22)27-26(28(33)20-11-14-25-24(17-20)31(3)15-16-38-25)29(34)30(35)32(27)21-7-6-8-23(18-21)37-5-2/h6-14,17-18,27,33H,4-5,15-16H2,1-3H3/b28-26-. The summed E-state index contributed by atoms with van der Waals surface area (Å²) in [6.07, 6.45) is 0. The molecule has 0 aromatic heterocycles. The van der Waals surface area contributed by atoms with Crippen LogP contribution in [0.25, 0.3) is 5.76 Å². The third-order valence-electron chi connectivity index (χ3n) is 6.69. The Morgan fingerprint density at radius 2 is 1.71 bits per heavy atom. The molecule has 2 aliphatic rings. The van der Waals surface area contributed by atoms with E-state index in [1.807, 2.05) is 37.9 Å². The highest BCUT2D eigenvalue weighted by Gasteiger charge is 2.47. The van der Waals surface area contributed by atoms with Crippen LogP contribution in [0.1, 0.15) is 31.0 Å². The second kappa shape index (κ2) is 10.5. The second-order valence-electron chi connectivity index (χ2n) is 9.05. The average Bonchev–Trinajstić information content (AvgIpc) is 3.19. The number of carbonyl (C=O) groups excluding carboxylic acids is 2. The maximum Gasteiger partial charge on any atom is 0.300 e. The first-order valence-corrected chi connectivity index (χ1v) is 12.7. The van der Waals surface area contributed by atoms with E-state index in [0.717, 1.165) is 5.69 Å². The quantitative estimate of drug-likeness (QED) is 0.271. The lowest BCUT2D eigenvalue weighted by Gasteiger charge is -2.28. The maximum atomic E-state index is 13.5. The number of fused-ring (bicyclic) bond motifs is 1. The minimum atomic E-state index is -0.854. The Morgan fingerprint density at radius 1 is 0.974 bits per heavy atom. The number of benzene rings is 3. The normalized spacial score (nSPS) is 18.2. The second-order valence-corrected chi connectivity index (χ2v) is 9.05. The summed E-state index contributed by atoms with van der Waals surface area (Å²) < 4.78 is 17.0. The number of hydrogen-bond acceptors (Lipinski definition) is 7. The van der Waals surface area contributed by atoms with Crippen molar-refractivity contribution in [3.63, 3.8) is 0 Å². The topological polar surface area (TPSA) is 88.5 Å². The first-order chi connectivity index (χ1) is 18.4. The molecule has 1 atom stereocenters. The molecule has 3 aromatic rings. The Hall–Kier alpha value is -4.46. The number of aliphatic hydroxyl groups excluding tert-OH is 1. The number of ketones is 1. The van der Waals surface area contributed by atoms with Crippen LogP contribution < -0.4 is 24.0 Å². The number of carbonyl (C=O) groups is 2. The Bertz CT molecular complexity index is 1400. The van der Waals surface area contributed by atoms with Gasteiger partial charge in [0.05, 0.1) is 37.1 Å². The highest BCUT2D eigenvalue weighted by molar-refractivity contribution is 6.51.